The van der Waals surface area contributed by atoms with Crippen LogP contribution in [0.25, 0.3) is 0 Å². The summed E-state index contributed by atoms with van der Waals surface area (Å²) in [6, 6.07) is 11.4. The number of nitrogens with one attached hydrogen (secondary N) is 1. The van der Waals surface area contributed by atoms with Crippen LogP contribution in [0.3, 0.4) is 0 Å². The summed E-state index contributed by atoms with van der Waals surface area (Å²) >= 11 is 0. The van der Waals surface area contributed by atoms with Crippen LogP contribution >= 0.6 is 0 Å². The molecule has 0 amide bonds. The van der Waals surface area contributed by atoms with E-state index in [1.165, 1.54) is 28.6 Å². The van der Waals surface area contributed by atoms with Crippen molar-refractivity contribution >= 4 is 25.7 Å². The van der Waals surface area contributed by atoms with Gasteiger partial charge in [0.05, 0.1) is 9.79 Å². The van der Waals surface area contributed by atoms with Crippen LogP contribution in [-0.2, 0) is 25.5 Å². The predicted octanol–water partition coefficient (Wildman–Crippen LogP) is 4.76. The van der Waals surface area contributed by atoms with E-state index in [0.717, 1.165) is 12.0 Å². The van der Waals surface area contributed by atoms with Crippen LogP contribution in [0.2, 0.25) is 0 Å². The topological polar surface area (TPSA) is 83.5 Å². The smallest absolute Gasteiger partial charge is 0.262 e. The fourth-order valence-electron chi connectivity index (χ4n) is 4.21. The standard InChI is InChI=1S/C24H34N2O4S2/c1-17-13-18(2)16-26(15-17)32(29,30)22-11-9-21(10-12-22)25-31(27,28)23-14-20(24(4,5)6)8-7-19(23)3/h7-12,14,17-18,25H,13,15-16H2,1-6H3/t17-,18-/m1/s1. The van der Waals surface area contributed by atoms with Crippen LogP contribution in [-0.4, -0.2) is 34.2 Å². The summed E-state index contributed by atoms with van der Waals surface area (Å²) in [7, 11) is -7.43. The quantitative estimate of drug-likeness (QED) is 0.672. The van der Waals surface area contributed by atoms with E-state index in [-0.39, 0.29) is 15.2 Å². The molecule has 2 atom stereocenters. The fraction of sp³-hybridized carbons (Fsp3) is 0.500. The molecule has 0 radical (unpaired) electrons. The highest BCUT2D eigenvalue weighted by molar-refractivity contribution is 7.92. The van der Waals surface area contributed by atoms with Gasteiger partial charge in [0.1, 0.15) is 0 Å². The molecule has 8 heteroatoms. The normalized spacial score (nSPS) is 20.8. The molecule has 32 heavy (non-hydrogen) atoms. The second kappa shape index (κ2) is 8.80. The van der Waals surface area contributed by atoms with Crippen LogP contribution in [0.1, 0.15) is 52.2 Å². The molecule has 1 saturated heterocycles. The Morgan fingerprint density at radius 1 is 0.906 bits per heavy atom. The molecule has 2 aromatic rings. The number of hydrogen-bond acceptors (Lipinski definition) is 4. The first kappa shape index (κ1) is 24.7. The molecule has 0 aliphatic carbocycles. The van der Waals surface area contributed by atoms with Crippen molar-refractivity contribution in [3.8, 4) is 0 Å². The highest BCUT2D eigenvalue weighted by Gasteiger charge is 2.31. The molecular formula is C24H34N2O4S2. The van der Waals surface area contributed by atoms with Crippen LogP contribution in [0.5, 0.6) is 0 Å². The van der Waals surface area contributed by atoms with Gasteiger partial charge in [-0.15, -0.1) is 0 Å². The van der Waals surface area contributed by atoms with E-state index < -0.39 is 20.0 Å². The minimum absolute atomic E-state index is 0.174. The maximum absolute atomic E-state index is 13.1. The van der Waals surface area contributed by atoms with Gasteiger partial charge in [-0.25, -0.2) is 16.8 Å². The third kappa shape index (κ3) is 5.35. The number of aryl methyl sites for hydroxylation is 1. The van der Waals surface area contributed by atoms with Crippen LogP contribution in [0.15, 0.2) is 52.3 Å². The van der Waals surface area contributed by atoms with Crippen LogP contribution in [0.4, 0.5) is 5.69 Å². The lowest BCUT2D eigenvalue weighted by atomic mass is 9.87. The molecule has 1 fully saturated rings. The third-order valence-corrected chi connectivity index (χ3v) is 9.29. The Kier molecular flexibility index (Phi) is 6.80. The minimum atomic E-state index is -3.82. The average Bonchev–Trinajstić information content (AvgIpc) is 2.66. The second-order valence-corrected chi connectivity index (χ2v) is 13.7. The Morgan fingerprint density at radius 3 is 2.00 bits per heavy atom. The number of rotatable bonds is 5. The maximum Gasteiger partial charge on any atom is 0.262 e. The summed E-state index contributed by atoms with van der Waals surface area (Å²) in [5.41, 5.74) is 1.72. The van der Waals surface area contributed by atoms with E-state index in [1.54, 1.807) is 13.0 Å². The van der Waals surface area contributed by atoms with Gasteiger partial charge in [-0.2, -0.15) is 4.31 Å². The van der Waals surface area contributed by atoms with E-state index >= 15 is 0 Å². The second-order valence-electron chi connectivity index (χ2n) is 10.1. The van der Waals surface area contributed by atoms with Crippen molar-refractivity contribution in [3.05, 3.63) is 53.6 Å². The molecule has 0 bridgehead atoms. The number of hydrogen-bond donors (Lipinski definition) is 1. The van der Waals surface area contributed by atoms with Gasteiger partial charge < -0.3 is 0 Å². The molecular weight excluding hydrogens is 444 g/mol. The van der Waals surface area contributed by atoms with E-state index in [2.05, 4.69) is 18.6 Å². The summed E-state index contributed by atoms with van der Waals surface area (Å²) < 4.78 is 56.4. The lowest BCUT2D eigenvalue weighted by Crippen LogP contribution is -2.42. The molecule has 3 rings (SSSR count). The number of piperidine rings is 1. The summed E-state index contributed by atoms with van der Waals surface area (Å²) in [5, 5.41) is 0. The van der Waals surface area contributed by atoms with Crippen molar-refractivity contribution < 1.29 is 16.8 Å². The van der Waals surface area contributed by atoms with E-state index in [4.69, 9.17) is 0 Å². The Balaban J connectivity index is 1.84. The molecule has 1 aliphatic rings. The van der Waals surface area contributed by atoms with E-state index in [0.29, 0.717) is 36.2 Å². The van der Waals surface area contributed by atoms with Crippen molar-refractivity contribution in [2.24, 2.45) is 11.8 Å². The molecule has 1 aliphatic heterocycles. The van der Waals surface area contributed by atoms with Crippen molar-refractivity contribution in [2.45, 2.75) is 63.2 Å². The van der Waals surface area contributed by atoms with Crippen molar-refractivity contribution in [2.75, 3.05) is 17.8 Å². The summed E-state index contributed by atoms with van der Waals surface area (Å²) in [6.07, 6.45) is 1.02. The Morgan fingerprint density at radius 2 is 1.47 bits per heavy atom. The van der Waals surface area contributed by atoms with Gasteiger partial charge in [0.2, 0.25) is 10.0 Å². The van der Waals surface area contributed by atoms with Gasteiger partial charge in [0.15, 0.2) is 0 Å². The van der Waals surface area contributed by atoms with E-state index in [1.807, 2.05) is 32.9 Å². The van der Waals surface area contributed by atoms with Crippen molar-refractivity contribution in [1.82, 2.24) is 4.31 Å². The Bertz CT molecular complexity index is 1170. The molecule has 0 saturated carbocycles. The van der Waals surface area contributed by atoms with Crippen LogP contribution < -0.4 is 4.72 Å². The van der Waals surface area contributed by atoms with E-state index in [9.17, 15) is 16.8 Å². The SMILES string of the molecule is Cc1ccc(C(C)(C)C)cc1S(=O)(=O)Nc1ccc(S(=O)(=O)N2C[C@H](C)C[C@@H](C)C2)cc1. The molecule has 6 nitrogen and oxygen atoms in total. The summed E-state index contributed by atoms with van der Waals surface area (Å²) in [5.74, 6) is 0.624. The van der Waals surface area contributed by atoms with Crippen molar-refractivity contribution in [1.29, 1.82) is 0 Å². The van der Waals surface area contributed by atoms with Gasteiger partial charge in [0.25, 0.3) is 10.0 Å². The zero-order valence-corrected chi connectivity index (χ0v) is 21.3. The fourth-order valence-corrected chi connectivity index (χ4v) is 7.22. The van der Waals surface area contributed by atoms with Gasteiger partial charge in [-0.1, -0.05) is 46.8 Å². The predicted molar refractivity (Wildman–Crippen MR) is 129 cm³/mol. The lowest BCUT2D eigenvalue weighted by molar-refractivity contribution is 0.222. The first-order valence-corrected chi connectivity index (χ1v) is 13.9. The van der Waals surface area contributed by atoms with Crippen molar-refractivity contribution in [3.63, 3.8) is 0 Å². The first-order valence-electron chi connectivity index (χ1n) is 10.9. The monoisotopic (exact) mass is 478 g/mol. The highest BCUT2D eigenvalue weighted by Crippen LogP contribution is 2.29. The molecule has 1 heterocycles. The summed E-state index contributed by atoms with van der Waals surface area (Å²) in [4.78, 5) is 0.394. The minimum Gasteiger partial charge on any atom is -0.280 e. The molecule has 0 unspecified atom stereocenters. The number of anilines is 1. The number of nitrogens with zero attached hydrogens (tertiary/aromatic N) is 1. The zero-order valence-electron chi connectivity index (χ0n) is 19.7. The Hall–Kier alpha value is -1.90. The maximum atomic E-state index is 13.1. The molecule has 1 N–H and O–H groups in total. The van der Waals surface area contributed by atoms with Gasteiger partial charge in [0, 0.05) is 18.8 Å². The first-order chi connectivity index (χ1) is 14.7. The van der Waals surface area contributed by atoms with Gasteiger partial charge in [-0.3, -0.25) is 4.72 Å². The van der Waals surface area contributed by atoms with Gasteiger partial charge >= 0.3 is 0 Å². The molecule has 2 aromatic carbocycles. The highest BCUT2D eigenvalue weighted by atomic mass is 32.2. The lowest BCUT2D eigenvalue weighted by Gasteiger charge is -2.34. The summed E-state index contributed by atoms with van der Waals surface area (Å²) in [6.45, 7) is 13.0. The number of benzene rings is 2. The molecule has 0 spiro atoms. The Labute approximate surface area is 193 Å². The third-order valence-electron chi connectivity index (χ3n) is 5.92. The van der Waals surface area contributed by atoms with Gasteiger partial charge in [-0.05, 0) is 72.1 Å². The average molecular weight is 479 g/mol. The largest absolute Gasteiger partial charge is 0.280 e. The zero-order chi connectivity index (χ0) is 23.9. The number of sulfonamides is 2. The molecule has 176 valence electrons. The molecule has 0 aromatic heterocycles. The van der Waals surface area contributed by atoms with Crippen LogP contribution in [0, 0.1) is 18.8 Å².